The van der Waals surface area contributed by atoms with Gasteiger partial charge in [0, 0.05) is 6.54 Å². The van der Waals surface area contributed by atoms with Gasteiger partial charge in [-0.15, -0.1) is 0 Å². The number of anilines is 1. The van der Waals surface area contributed by atoms with Crippen LogP contribution in [0.2, 0.25) is 0 Å². The number of benzene rings is 1. The maximum atomic E-state index is 11.2. The van der Waals surface area contributed by atoms with Crippen molar-refractivity contribution in [3.63, 3.8) is 0 Å². The Balaban J connectivity index is 2.91. The fourth-order valence-electron chi connectivity index (χ4n) is 1.63. The summed E-state index contributed by atoms with van der Waals surface area (Å²) in [6.07, 6.45) is 0.218. The van der Waals surface area contributed by atoms with E-state index in [9.17, 15) is 15.2 Å². The van der Waals surface area contributed by atoms with Gasteiger partial charge in [0.05, 0.1) is 17.6 Å². The van der Waals surface area contributed by atoms with Gasteiger partial charge in [-0.05, 0) is 24.5 Å². The summed E-state index contributed by atoms with van der Waals surface area (Å²) >= 11 is 0. The Morgan fingerprint density at radius 2 is 2.15 bits per heavy atom. The molecule has 6 nitrogen and oxygen atoms in total. The molecule has 1 rings (SSSR count). The van der Waals surface area contributed by atoms with Gasteiger partial charge >= 0.3 is 5.69 Å². The van der Waals surface area contributed by atoms with Crippen LogP contribution in [0.25, 0.3) is 0 Å². The quantitative estimate of drug-likeness (QED) is 0.565. The van der Waals surface area contributed by atoms with Gasteiger partial charge in [0.25, 0.3) is 0 Å². The van der Waals surface area contributed by atoms with Gasteiger partial charge in [-0.3, -0.25) is 10.1 Å². The predicted octanol–water partition coefficient (Wildman–Crippen LogP) is 2.81. The SMILES string of the molecule is CCCOc1cccc(NCC(O)C(C)C)c1[N+](=O)[O-]. The molecule has 0 saturated carbocycles. The topological polar surface area (TPSA) is 84.6 Å². The third-order valence-electron chi connectivity index (χ3n) is 2.91. The van der Waals surface area contributed by atoms with E-state index in [4.69, 9.17) is 4.74 Å². The van der Waals surface area contributed by atoms with Gasteiger partial charge < -0.3 is 15.2 Å². The van der Waals surface area contributed by atoms with Crippen molar-refractivity contribution in [2.45, 2.75) is 33.3 Å². The first-order valence-corrected chi connectivity index (χ1v) is 6.79. The smallest absolute Gasteiger partial charge is 0.333 e. The minimum Gasteiger partial charge on any atom is -0.487 e. The van der Waals surface area contributed by atoms with Crippen LogP contribution in [0.15, 0.2) is 18.2 Å². The lowest BCUT2D eigenvalue weighted by molar-refractivity contribution is -0.385. The van der Waals surface area contributed by atoms with Crippen LogP contribution in [0.1, 0.15) is 27.2 Å². The Morgan fingerprint density at radius 1 is 1.45 bits per heavy atom. The summed E-state index contributed by atoms with van der Waals surface area (Å²) in [5, 5.41) is 23.9. The second kappa shape index (κ2) is 7.69. The molecular weight excluding hydrogens is 260 g/mol. The largest absolute Gasteiger partial charge is 0.487 e. The molecule has 0 radical (unpaired) electrons. The van der Waals surface area contributed by atoms with Crippen LogP contribution in [0.4, 0.5) is 11.4 Å². The van der Waals surface area contributed by atoms with Gasteiger partial charge in [-0.1, -0.05) is 26.8 Å². The van der Waals surface area contributed by atoms with Crippen LogP contribution in [0.3, 0.4) is 0 Å². The van der Waals surface area contributed by atoms with E-state index in [0.29, 0.717) is 12.3 Å². The Kier molecular flexibility index (Phi) is 6.24. The highest BCUT2D eigenvalue weighted by Gasteiger charge is 2.21. The fourth-order valence-corrected chi connectivity index (χ4v) is 1.63. The van der Waals surface area contributed by atoms with Gasteiger partial charge in [0.1, 0.15) is 5.69 Å². The zero-order chi connectivity index (χ0) is 15.1. The van der Waals surface area contributed by atoms with Gasteiger partial charge in [0.2, 0.25) is 0 Å². The van der Waals surface area contributed by atoms with Crippen molar-refractivity contribution in [3.8, 4) is 5.75 Å². The van der Waals surface area contributed by atoms with Crippen LogP contribution < -0.4 is 10.1 Å². The molecule has 1 aromatic rings. The van der Waals surface area contributed by atoms with E-state index in [1.807, 2.05) is 20.8 Å². The Labute approximate surface area is 118 Å². The predicted molar refractivity (Wildman–Crippen MR) is 78.2 cm³/mol. The molecule has 0 aromatic heterocycles. The number of hydrogen-bond acceptors (Lipinski definition) is 5. The molecule has 0 fully saturated rings. The van der Waals surface area contributed by atoms with Crippen molar-refractivity contribution >= 4 is 11.4 Å². The monoisotopic (exact) mass is 282 g/mol. The molecule has 0 spiro atoms. The molecule has 0 aliphatic carbocycles. The zero-order valence-electron chi connectivity index (χ0n) is 12.1. The third kappa shape index (κ3) is 4.38. The average molecular weight is 282 g/mol. The number of para-hydroxylation sites is 1. The summed E-state index contributed by atoms with van der Waals surface area (Å²) in [4.78, 5) is 10.7. The molecular formula is C14H22N2O4. The number of hydrogen-bond donors (Lipinski definition) is 2. The summed E-state index contributed by atoms with van der Waals surface area (Å²) in [7, 11) is 0. The minimum atomic E-state index is -0.560. The van der Waals surface area contributed by atoms with Gasteiger partial charge in [-0.2, -0.15) is 0 Å². The number of aliphatic hydroxyl groups is 1. The zero-order valence-corrected chi connectivity index (χ0v) is 12.1. The van der Waals surface area contributed by atoms with Gasteiger partial charge in [-0.25, -0.2) is 0 Å². The Bertz CT molecular complexity index is 449. The van der Waals surface area contributed by atoms with Crippen molar-refractivity contribution in [3.05, 3.63) is 28.3 Å². The van der Waals surface area contributed by atoms with Crippen LogP contribution in [0, 0.1) is 16.0 Å². The maximum absolute atomic E-state index is 11.2. The molecule has 1 unspecified atom stereocenters. The molecule has 1 atom stereocenters. The Morgan fingerprint density at radius 3 is 2.70 bits per heavy atom. The van der Waals surface area contributed by atoms with E-state index in [1.54, 1.807) is 18.2 Å². The highest BCUT2D eigenvalue weighted by molar-refractivity contribution is 5.68. The van der Waals surface area contributed by atoms with Crippen LogP contribution in [-0.4, -0.2) is 29.3 Å². The number of nitro groups is 1. The molecule has 0 heterocycles. The van der Waals surface area contributed by atoms with E-state index >= 15 is 0 Å². The average Bonchev–Trinajstić information content (AvgIpc) is 2.41. The van der Waals surface area contributed by atoms with Crippen molar-refractivity contribution in [1.29, 1.82) is 0 Å². The maximum Gasteiger partial charge on any atom is 0.333 e. The van der Waals surface area contributed by atoms with Crippen molar-refractivity contribution in [2.24, 2.45) is 5.92 Å². The van der Waals surface area contributed by atoms with Crippen LogP contribution in [-0.2, 0) is 0 Å². The number of aliphatic hydroxyl groups excluding tert-OH is 1. The first kappa shape index (κ1) is 16.2. The first-order chi connectivity index (χ1) is 9.47. The van der Waals surface area contributed by atoms with E-state index in [0.717, 1.165) is 6.42 Å². The lowest BCUT2D eigenvalue weighted by Gasteiger charge is -2.16. The molecule has 0 aliphatic heterocycles. The molecule has 0 bridgehead atoms. The minimum absolute atomic E-state index is 0.0843. The Hall–Kier alpha value is -1.82. The molecule has 1 aromatic carbocycles. The lowest BCUT2D eigenvalue weighted by atomic mass is 10.1. The standard InChI is InChI=1S/C14H22N2O4/c1-4-8-20-13-7-5-6-11(14(13)16(18)19)15-9-12(17)10(2)3/h5-7,10,12,15,17H,4,8-9H2,1-3H3. The number of nitrogens with one attached hydrogen (secondary N) is 1. The van der Waals surface area contributed by atoms with Crippen molar-refractivity contribution in [1.82, 2.24) is 0 Å². The van der Waals surface area contributed by atoms with E-state index in [2.05, 4.69) is 5.32 Å². The number of rotatable bonds is 8. The van der Waals surface area contributed by atoms with Crippen LogP contribution in [0.5, 0.6) is 5.75 Å². The molecule has 0 amide bonds. The summed E-state index contributed by atoms with van der Waals surface area (Å²) in [5.74, 6) is 0.335. The summed E-state index contributed by atoms with van der Waals surface area (Å²) in [6, 6.07) is 4.89. The summed E-state index contributed by atoms with van der Waals surface area (Å²) in [6.45, 7) is 6.41. The van der Waals surface area contributed by atoms with Crippen LogP contribution >= 0.6 is 0 Å². The van der Waals surface area contributed by atoms with Crippen molar-refractivity contribution < 1.29 is 14.8 Å². The van der Waals surface area contributed by atoms with E-state index in [1.165, 1.54) is 0 Å². The molecule has 0 aliphatic rings. The second-order valence-corrected chi connectivity index (χ2v) is 4.95. The molecule has 2 N–H and O–H groups in total. The number of ether oxygens (including phenoxy) is 1. The molecule has 112 valence electrons. The lowest BCUT2D eigenvalue weighted by Crippen LogP contribution is -2.25. The van der Waals surface area contributed by atoms with Gasteiger partial charge in [0.15, 0.2) is 5.75 Å². The number of nitrogens with zero attached hydrogens (tertiary/aromatic N) is 1. The van der Waals surface area contributed by atoms with E-state index in [-0.39, 0.29) is 23.9 Å². The highest BCUT2D eigenvalue weighted by Crippen LogP contribution is 2.34. The number of nitro benzene ring substituents is 1. The van der Waals surface area contributed by atoms with E-state index < -0.39 is 11.0 Å². The molecule has 0 saturated heterocycles. The highest BCUT2D eigenvalue weighted by atomic mass is 16.6. The molecule has 20 heavy (non-hydrogen) atoms. The fraction of sp³-hybridized carbons (Fsp3) is 0.571. The third-order valence-corrected chi connectivity index (χ3v) is 2.91. The summed E-state index contributed by atoms with van der Waals surface area (Å²) < 4.78 is 5.40. The second-order valence-electron chi connectivity index (χ2n) is 4.95. The normalized spacial score (nSPS) is 12.2. The summed E-state index contributed by atoms with van der Waals surface area (Å²) in [5.41, 5.74) is 0.278. The van der Waals surface area contributed by atoms with Crippen molar-refractivity contribution in [2.75, 3.05) is 18.5 Å². The molecule has 6 heteroatoms. The first-order valence-electron chi connectivity index (χ1n) is 6.79.